The molecule has 5 nitrogen and oxygen atoms in total. The summed E-state index contributed by atoms with van der Waals surface area (Å²) in [7, 11) is 0. The molecule has 1 unspecified atom stereocenters. The molecule has 4 heterocycles. The number of rotatable bonds is 6. The Morgan fingerprint density at radius 2 is 2.03 bits per heavy atom. The number of fused-ring (bicyclic) bond motifs is 2. The van der Waals surface area contributed by atoms with E-state index in [9.17, 15) is 4.79 Å². The molecule has 0 aliphatic carbocycles. The Labute approximate surface area is 184 Å². The Morgan fingerprint density at radius 3 is 2.93 bits per heavy atom. The molecule has 0 N–H and O–H groups in total. The van der Waals surface area contributed by atoms with E-state index in [1.165, 1.54) is 4.70 Å². The Balaban J connectivity index is 1.19. The van der Waals surface area contributed by atoms with Crippen molar-refractivity contribution in [3.05, 3.63) is 65.6 Å². The molecule has 1 aromatic carbocycles. The number of hydrogen-bond acceptors (Lipinski definition) is 5. The third-order valence-electron chi connectivity index (χ3n) is 5.54. The molecule has 30 heavy (non-hydrogen) atoms. The predicted molar refractivity (Wildman–Crippen MR) is 124 cm³/mol. The minimum absolute atomic E-state index is 0.132. The number of pyridine rings is 1. The number of carbonyl (C=O) groups is 1. The first-order valence-electron chi connectivity index (χ1n) is 10.4. The van der Waals surface area contributed by atoms with Crippen molar-refractivity contribution in [2.24, 2.45) is 0 Å². The van der Waals surface area contributed by atoms with Crippen LogP contribution in [-0.4, -0.2) is 37.5 Å². The van der Waals surface area contributed by atoms with Gasteiger partial charge in [0.1, 0.15) is 10.7 Å². The zero-order chi connectivity index (χ0) is 20.3. The summed E-state index contributed by atoms with van der Waals surface area (Å²) in [5.41, 5.74) is 3.07. The number of nitrogens with zero attached hydrogens (tertiary/aromatic N) is 4. The van der Waals surface area contributed by atoms with Gasteiger partial charge < -0.3 is 9.30 Å². The molecule has 7 heteroatoms. The maximum Gasteiger partial charge on any atom is 0.223 e. The Kier molecular flexibility index (Phi) is 5.73. The highest BCUT2D eigenvalue weighted by molar-refractivity contribution is 7.98. The van der Waals surface area contributed by atoms with Gasteiger partial charge in [-0.25, -0.2) is 9.97 Å². The van der Waals surface area contributed by atoms with Gasteiger partial charge in [-0.1, -0.05) is 18.2 Å². The molecule has 1 amide bonds. The molecule has 0 bridgehead atoms. The van der Waals surface area contributed by atoms with E-state index < -0.39 is 0 Å². The van der Waals surface area contributed by atoms with E-state index in [2.05, 4.69) is 28.2 Å². The van der Waals surface area contributed by atoms with Crippen LogP contribution in [-0.2, 0) is 10.5 Å². The lowest BCUT2D eigenvalue weighted by Gasteiger charge is -2.34. The molecule has 0 spiro atoms. The van der Waals surface area contributed by atoms with Crippen LogP contribution in [0.1, 0.15) is 42.4 Å². The summed E-state index contributed by atoms with van der Waals surface area (Å²) in [4.78, 5) is 24.6. The second-order valence-electron chi connectivity index (χ2n) is 7.62. The second-order valence-corrected chi connectivity index (χ2v) is 9.79. The van der Waals surface area contributed by atoms with Gasteiger partial charge >= 0.3 is 0 Å². The quantitative estimate of drug-likeness (QED) is 0.384. The number of likely N-dealkylation sites (tertiary alicyclic amines) is 1. The van der Waals surface area contributed by atoms with E-state index in [4.69, 9.17) is 4.98 Å². The number of imidazole rings is 1. The molecular formula is C23H24N4OS2. The van der Waals surface area contributed by atoms with E-state index >= 15 is 0 Å². The van der Waals surface area contributed by atoms with Crippen molar-refractivity contribution in [3.63, 3.8) is 0 Å². The van der Waals surface area contributed by atoms with Gasteiger partial charge in [0.25, 0.3) is 0 Å². The van der Waals surface area contributed by atoms with Gasteiger partial charge in [-0.15, -0.1) is 11.3 Å². The SMILES string of the molecule is O=C(CCSCc1cn2ccccc2n1)N1CCCCC1c1nc2ccccc2s1. The maximum absolute atomic E-state index is 13.0. The van der Waals surface area contributed by atoms with Crippen LogP contribution in [0.3, 0.4) is 0 Å². The van der Waals surface area contributed by atoms with Crippen molar-refractivity contribution in [3.8, 4) is 0 Å². The van der Waals surface area contributed by atoms with Gasteiger partial charge in [-0.05, 0) is 43.5 Å². The lowest BCUT2D eigenvalue weighted by molar-refractivity contribution is -0.134. The molecule has 1 saturated heterocycles. The highest BCUT2D eigenvalue weighted by Crippen LogP contribution is 2.36. The molecule has 1 atom stereocenters. The third kappa shape index (κ3) is 4.09. The van der Waals surface area contributed by atoms with Crippen molar-refractivity contribution in [2.45, 2.75) is 37.5 Å². The number of hydrogen-bond donors (Lipinski definition) is 0. The lowest BCUT2D eigenvalue weighted by atomic mass is 10.0. The van der Waals surface area contributed by atoms with E-state index in [0.29, 0.717) is 6.42 Å². The van der Waals surface area contributed by atoms with Crippen molar-refractivity contribution in [2.75, 3.05) is 12.3 Å². The second kappa shape index (κ2) is 8.78. The van der Waals surface area contributed by atoms with Crippen molar-refractivity contribution in [1.82, 2.24) is 19.3 Å². The molecular weight excluding hydrogens is 412 g/mol. The average Bonchev–Trinajstić information content (AvgIpc) is 3.40. The van der Waals surface area contributed by atoms with Crippen molar-refractivity contribution in [1.29, 1.82) is 0 Å². The van der Waals surface area contributed by atoms with Crippen LogP contribution < -0.4 is 0 Å². The van der Waals surface area contributed by atoms with Gasteiger partial charge in [0.2, 0.25) is 5.91 Å². The molecule has 0 saturated carbocycles. The lowest BCUT2D eigenvalue weighted by Crippen LogP contribution is -2.38. The van der Waals surface area contributed by atoms with Crippen LogP contribution in [0.5, 0.6) is 0 Å². The van der Waals surface area contributed by atoms with Crippen LogP contribution in [0.4, 0.5) is 0 Å². The fraction of sp³-hybridized carbons (Fsp3) is 0.348. The summed E-state index contributed by atoms with van der Waals surface area (Å²) in [6.45, 7) is 0.844. The number of thiazole rings is 1. The predicted octanol–water partition coefficient (Wildman–Crippen LogP) is 5.32. The fourth-order valence-electron chi connectivity index (χ4n) is 4.06. The number of carbonyl (C=O) groups excluding carboxylic acids is 1. The maximum atomic E-state index is 13.0. The Bertz CT molecular complexity index is 1100. The normalized spacial score (nSPS) is 17.1. The summed E-state index contributed by atoms with van der Waals surface area (Å²) in [6, 6.07) is 14.4. The molecule has 0 radical (unpaired) electrons. The van der Waals surface area contributed by atoms with E-state index in [1.807, 2.05) is 40.9 Å². The topological polar surface area (TPSA) is 50.5 Å². The van der Waals surface area contributed by atoms with Gasteiger partial charge in [0, 0.05) is 36.9 Å². The van der Waals surface area contributed by atoms with Gasteiger partial charge in [0.15, 0.2) is 0 Å². The van der Waals surface area contributed by atoms with Crippen LogP contribution >= 0.6 is 23.1 Å². The number of aromatic nitrogens is 3. The summed E-state index contributed by atoms with van der Waals surface area (Å²) in [6.07, 6.45) is 7.91. The van der Waals surface area contributed by atoms with Crippen LogP contribution in [0.25, 0.3) is 15.9 Å². The Hall–Kier alpha value is -2.38. The molecule has 1 aliphatic heterocycles. The van der Waals surface area contributed by atoms with Crippen molar-refractivity contribution < 1.29 is 4.79 Å². The highest BCUT2D eigenvalue weighted by atomic mass is 32.2. The standard InChI is InChI=1S/C23H24N4OS2/c28-22(11-14-29-16-17-15-26-12-5-4-10-21(26)24-17)27-13-6-3-8-19(27)23-25-18-7-1-2-9-20(18)30-23/h1-2,4-5,7,9-10,12,15,19H,3,6,8,11,13-14,16H2. The summed E-state index contributed by atoms with van der Waals surface area (Å²) in [5.74, 6) is 1.90. The first kappa shape index (κ1) is 19.6. The zero-order valence-corrected chi connectivity index (χ0v) is 18.4. The van der Waals surface area contributed by atoms with Gasteiger partial charge in [-0.3, -0.25) is 4.79 Å². The zero-order valence-electron chi connectivity index (χ0n) is 16.7. The van der Waals surface area contributed by atoms with E-state index in [0.717, 1.165) is 59.2 Å². The smallest absolute Gasteiger partial charge is 0.223 e. The fourth-order valence-corrected chi connectivity index (χ4v) is 5.98. The monoisotopic (exact) mass is 436 g/mol. The van der Waals surface area contributed by atoms with E-state index in [1.54, 1.807) is 23.1 Å². The molecule has 4 aromatic rings. The number of amides is 1. The van der Waals surface area contributed by atoms with Crippen molar-refractivity contribution >= 4 is 44.9 Å². The largest absolute Gasteiger partial charge is 0.333 e. The summed E-state index contributed by atoms with van der Waals surface area (Å²) >= 11 is 3.51. The van der Waals surface area contributed by atoms with Crippen LogP contribution in [0.2, 0.25) is 0 Å². The van der Waals surface area contributed by atoms with Gasteiger partial charge in [-0.2, -0.15) is 11.8 Å². The first-order valence-corrected chi connectivity index (χ1v) is 12.4. The van der Waals surface area contributed by atoms with Crippen LogP contribution in [0, 0.1) is 0 Å². The molecule has 154 valence electrons. The van der Waals surface area contributed by atoms with Gasteiger partial charge in [0.05, 0.1) is 22.0 Å². The average molecular weight is 437 g/mol. The molecule has 1 fully saturated rings. The number of piperidine rings is 1. The van der Waals surface area contributed by atoms with Crippen LogP contribution in [0.15, 0.2) is 54.9 Å². The number of thioether (sulfide) groups is 1. The molecule has 3 aromatic heterocycles. The third-order valence-corrected chi connectivity index (χ3v) is 7.67. The summed E-state index contributed by atoms with van der Waals surface area (Å²) < 4.78 is 3.24. The number of benzene rings is 1. The first-order chi connectivity index (χ1) is 14.8. The number of para-hydroxylation sites is 1. The molecule has 5 rings (SSSR count). The summed E-state index contributed by atoms with van der Waals surface area (Å²) in [5, 5.41) is 1.08. The minimum Gasteiger partial charge on any atom is -0.333 e. The van der Waals surface area contributed by atoms with E-state index in [-0.39, 0.29) is 11.9 Å². The molecule has 1 aliphatic rings. The highest BCUT2D eigenvalue weighted by Gasteiger charge is 2.29. The minimum atomic E-state index is 0.132. The Morgan fingerprint density at radius 1 is 1.13 bits per heavy atom.